The molecule has 114 valence electrons. The third kappa shape index (κ3) is 3.18. The number of allylic oxidation sites excluding steroid dienone is 1. The van der Waals surface area contributed by atoms with Gasteiger partial charge in [0.05, 0.1) is 10.7 Å². The number of Topliss-reactive ketones (excluding diaryl/α,β-unsaturated/α-hetero) is 1. The van der Waals surface area contributed by atoms with Crippen LogP contribution in [0, 0.1) is 32.1 Å². The minimum atomic E-state index is -0.233. The molecular formula is C17H19N3OS. The summed E-state index contributed by atoms with van der Waals surface area (Å²) in [5.41, 5.74) is 3.35. The maximum absolute atomic E-state index is 12.6. The summed E-state index contributed by atoms with van der Waals surface area (Å²) in [6.45, 7) is 8.79. The van der Waals surface area contributed by atoms with Crippen LogP contribution in [0.2, 0.25) is 0 Å². The van der Waals surface area contributed by atoms with Crippen molar-refractivity contribution in [3.8, 4) is 6.07 Å². The number of aromatic nitrogens is 2. The molecule has 0 N–H and O–H groups in total. The van der Waals surface area contributed by atoms with E-state index in [0.717, 1.165) is 29.4 Å². The summed E-state index contributed by atoms with van der Waals surface area (Å²) in [6, 6.07) is 3.88. The topological polar surface area (TPSA) is 58.7 Å². The molecule has 2 heterocycles. The minimum Gasteiger partial charge on any atom is -0.348 e. The second kappa shape index (κ2) is 6.71. The van der Waals surface area contributed by atoms with Crippen molar-refractivity contribution < 1.29 is 4.79 Å². The molecule has 0 radical (unpaired) electrons. The highest BCUT2D eigenvalue weighted by Gasteiger charge is 2.19. The number of thiazole rings is 1. The quantitative estimate of drug-likeness (QED) is 0.475. The van der Waals surface area contributed by atoms with E-state index in [9.17, 15) is 10.1 Å². The van der Waals surface area contributed by atoms with Gasteiger partial charge in [0, 0.05) is 28.9 Å². The molecule has 0 spiro atoms. The molecule has 2 rings (SSSR count). The third-order valence-electron chi connectivity index (χ3n) is 3.56. The van der Waals surface area contributed by atoms with Crippen molar-refractivity contribution in [2.45, 2.75) is 40.7 Å². The maximum Gasteiger partial charge on any atom is 0.205 e. The van der Waals surface area contributed by atoms with Crippen LogP contribution >= 0.6 is 11.3 Å². The summed E-state index contributed by atoms with van der Waals surface area (Å²) in [6.07, 6.45) is 2.57. The van der Waals surface area contributed by atoms with Crippen LogP contribution in [0.4, 0.5) is 0 Å². The molecule has 0 bridgehead atoms. The number of aryl methyl sites for hydroxylation is 2. The van der Waals surface area contributed by atoms with Crippen LogP contribution in [0.25, 0.3) is 6.08 Å². The molecule has 0 fully saturated rings. The van der Waals surface area contributed by atoms with E-state index in [1.165, 1.54) is 11.3 Å². The Bertz CT molecular complexity index is 774. The zero-order valence-corrected chi connectivity index (χ0v) is 14.1. The van der Waals surface area contributed by atoms with Crippen LogP contribution in [0.3, 0.4) is 0 Å². The summed E-state index contributed by atoms with van der Waals surface area (Å²) in [5, 5.41) is 12.1. The number of carbonyl (C=O) groups excluding carboxylic acids is 1. The van der Waals surface area contributed by atoms with Gasteiger partial charge in [-0.2, -0.15) is 5.26 Å². The second-order valence-electron chi connectivity index (χ2n) is 5.23. The van der Waals surface area contributed by atoms with E-state index in [4.69, 9.17) is 0 Å². The molecule has 0 aromatic carbocycles. The van der Waals surface area contributed by atoms with Gasteiger partial charge in [0.1, 0.15) is 11.6 Å². The molecule has 4 nitrogen and oxygen atoms in total. The van der Waals surface area contributed by atoms with Gasteiger partial charge in [0.25, 0.3) is 0 Å². The van der Waals surface area contributed by atoms with Crippen LogP contribution in [0.15, 0.2) is 17.0 Å². The van der Waals surface area contributed by atoms with Crippen molar-refractivity contribution in [2.24, 2.45) is 0 Å². The lowest BCUT2D eigenvalue weighted by molar-refractivity contribution is 0.103. The highest BCUT2D eigenvalue weighted by molar-refractivity contribution is 7.09. The zero-order valence-electron chi connectivity index (χ0n) is 13.3. The molecule has 2 aromatic rings. The second-order valence-corrected chi connectivity index (χ2v) is 6.29. The van der Waals surface area contributed by atoms with E-state index < -0.39 is 0 Å². The first-order valence-corrected chi connectivity index (χ1v) is 8.11. The maximum atomic E-state index is 12.6. The van der Waals surface area contributed by atoms with Crippen LogP contribution in [0.5, 0.6) is 0 Å². The minimum absolute atomic E-state index is 0.127. The Morgan fingerprint density at radius 3 is 2.73 bits per heavy atom. The van der Waals surface area contributed by atoms with Crippen LogP contribution in [0.1, 0.15) is 45.8 Å². The largest absolute Gasteiger partial charge is 0.348 e. The lowest BCUT2D eigenvalue weighted by Gasteiger charge is -2.07. The van der Waals surface area contributed by atoms with Gasteiger partial charge >= 0.3 is 0 Å². The Kier molecular flexibility index (Phi) is 4.94. The fourth-order valence-corrected chi connectivity index (χ4v) is 3.06. The molecule has 0 saturated heterocycles. The lowest BCUT2D eigenvalue weighted by atomic mass is 10.0. The summed E-state index contributed by atoms with van der Waals surface area (Å²) in [5.74, 6) is -0.233. The van der Waals surface area contributed by atoms with Crippen molar-refractivity contribution in [1.29, 1.82) is 5.26 Å². The van der Waals surface area contributed by atoms with E-state index >= 15 is 0 Å². The number of hydrogen-bond acceptors (Lipinski definition) is 4. The van der Waals surface area contributed by atoms with Gasteiger partial charge in [-0.3, -0.25) is 4.79 Å². The number of nitriles is 1. The molecule has 0 saturated carbocycles. The predicted octanol–water partition coefficient (Wildman–Crippen LogP) is 4.07. The molecule has 2 aromatic heterocycles. The molecule has 22 heavy (non-hydrogen) atoms. The van der Waals surface area contributed by atoms with Crippen molar-refractivity contribution in [1.82, 2.24) is 9.55 Å². The van der Waals surface area contributed by atoms with Crippen LogP contribution in [-0.2, 0) is 6.54 Å². The molecule has 0 unspecified atom stereocenters. The number of nitrogens with zero attached hydrogens (tertiary/aromatic N) is 3. The molecule has 0 aliphatic heterocycles. The average Bonchev–Trinajstić information content (AvgIpc) is 3.02. The Morgan fingerprint density at radius 2 is 2.18 bits per heavy atom. The highest BCUT2D eigenvalue weighted by atomic mass is 32.1. The first kappa shape index (κ1) is 16.2. The summed E-state index contributed by atoms with van der Waals surface area (Å²) >= 11 is 1.50. The van der Waals surface area contributed by atoms with Gasteiger partial charge in [-0.1, -0.05) is 6.92 Å². The number of rotatable bonds is 5. The number of carbonyl (C=O) groups is 1. The van der Waals surface area contributed by atoms with E-state index in [1.54, 1.807) is 6.08 Å². The Labute approximate surface area is 134 Å². The number of hydrogen-bond donors (Lipinski definition) is 0. The number of ketones is 1. The third-order valence-corrected chi connectivity index (χ3v) is 4.35. The normalized spacial score (nSPS) is 11.5. The van der Waals surface area contributed by atoms with Gasteiger partial charge in [0.15, 0.2) is 0 Å². The van der Waals surface area contributed by atoms with E-state index in [-0.39, 0.29) is 11.4 Å². The lowest BCUT2D eigenvalue weighted by Crippen LogP contribution is -2.06. The monoisotopic (exact) mass is 313 g/mol. The van der Waals surface area contributed by atoms with E-state index in [0.29, 0.717) is 11.3 Å². The van der Waals surface area contributed by atoms with Crippen molar-refractivity contribution in [3.63, 3.8) is 0 Å². The Balaban J connectivity index is 2.40. The predicted molar refractivity (Wildman–Crippen MR) is 89.0 cm³/mol. The summed E-state index contributed by atoms with van der Waals surface area (Å²) in [7, 11) is 0. The average molecular weight is 313 g/mol. The summed E-state index contributed by atoms with van der Waals surface area (Å²) in [4.78, 5) is 16.9. The van der Waals surface area contributed by atoms with Crippen LogP contribution < -0.4 is 0 Å². The Hall–Kier alpha value is -2.19. The Morgan fingerprint density at radius 1 is 1.45 bits per heavy atom. The highest BCUT2D eigenvalue weighted by Crippen LogP contribution is 2.20. The van der Waals surface area contributed by atoms with Crippen molar-refractivity contribution in [3.05, 3.63) is 44.7 Å². The summed E-state index contributed by atoms with van der Waals surface area (Å²) < 4.78 is 2.12. The molecule has 0 aliphatic rings. The molecule has 0 aliphatic carbocycles. The first-order chi connectivity index (χ1) is 10.5. The first-order valence-electron chi connectivity index (χ1n) is 7.23. The fraction of sp³-hybridized carbons (Fsp3) is 0.353. The molecular weight excluding hydrogens is 294 g/mol. The smallest absolute Gasteiger partial charge is 0.205 e. The van der Waals surface area contributed by atoms with Gasteiger partial charge in [-0.25, -0.2) is 4.98 Å². The van der Waals surface area contributed by atoms with Crippen molar-refractivity contribution >= 4 is 23.2 Å². The van der Waals surface area contributed by atoms with Crippen LogP contribution in [-0.4, -0.2) is 15.3 Å². The molecule has 5 heteroatoms. The van der Waals surface area contributed by atoms with E-state index in [1.807, 2.05) is 38.3 Å². The molecule has 0 atom stereocenters. The standard InChI is InChI=1S/C17H19N3OS/c1-5-6-20-11(2)7-16(12(20)3)17(21)14(9-18)8-15-10-22-13(4)19-15/h7-8,10H,5-6H2,1-4H3/b14-8+. The van der Waals surface area contributed by atoms with Gasteiger partial charge in [-0.05, 0) is 39.3 Å². The van der Waals surface area contributed by atoms with Gasteiger partial charge < -0.3 is 4.57 Å². The zero-order chi connectivity index (χ0) is 16.3. The van der Waals surface area contributed by atoms with Crippen molar-refractivity contribution in [2.75, 3.05) is 0 Å². The van der Waals surface area contributed by atoms with Gasteiger partial charge in [0.2, 0.25) is 5.78 Å². The fourth-order valence-electron chi connectivity index (χ4n) is 2.49. The van der Waals surface area contributed by atoms with Gasteiger partial charge in [-0.15, -0.1) is 11.3 Å². The SMILES string of the molecule is CCCn1c(C)cc(C(=O)/C(C#N)=C/c2csc(C)n2)c1C. The van der Waals surface area contributed by atoms with E-state index in [2.05, 4.69) is 16.5 Å². The molecule has 0 amide bonds.